The Morgan fingerprint density at radius 1 is 0.514 bits per heavy atom. The van der Waals surface area contributed by atoms with Crippen LogP contribution in [-0.4, -0.2) is 0 Å². The van der Waals surface area contributed by atoms with Crippen molar-refractivity contribution in [2.45, 2.75) is 97.3 Å². The minimum absolute atomic E-state index is 0.0872. The lowest BCUT2D eigenvalue weighted by Gasteiger charge is -2.30. The van der Waals surface area contributed by atoms with Crippen LogP contribution >= 0.6 is 0 Å². The highest BCUT2D eigenvalue weighted by Gasteiger charge is 2.27. The fraction of sp³-hybridized carbons (Fsp3) is 0.429. The topological polar surface area (TPSA) is 0 Å². The number of unbranched alkanes of at least 4 members (excludes halogenated alkanes) is 2. The summed E-state index contributed by atoms with van der Waals surface area (Å²) < 4.78 is 0. The molecule has 0 fully saturated rings. The first-order valence-corrected chi connectivity index (χ1v) is 13.7. The highest BCUT2D eigenvalue weighted by molar-refractivity contribution is 6.07. The summed E-state index contributed by atoms with van der Waals surface area (Å²) in [6.45, 7) is 14.2. The molecule has 0 nitrogen and oxygen atoms in total. The van der Waals surface area contributed by atoms with Gasteiger partial charge in [0.2, 0.25) is 0 Å². The third kappa shape index (κ3) is 4.77. The molecule has 182 valence electrons. The summed E-state index contributed by atoms with van der Waals surface area (Å²) in [7, 11) is 0. The number of hydrogen-bond acceptors (Lipinski definition) is 0. The molecule has 0 heteroatoms. The van der Waals surface area contributed by atoms with Gasteiger partial charge >= 0.3 is 0 Å². The van der Waals surface area contributed by atoms with Gasteiger partial charge in [-0.2, -0.15) is 0 Å². The summed E-state index contributed by atoms with van der Waals surface area (Å²) >= 11 is 0. The van der Waals surface area contributed by atoms with Crippen LogP contribution < -0.4 is 0 Å². The Hall–Kier alpha value is -2.60. The Balaban J connectivity index is 1.41. The second-order valence-electron chi connectivity index (χ2n) is 12.8. The van der Waals surface area contributed by atoms with Crippen molar-refractivity contribution in [2.24, 2.45) is 0 Å². The molecule has 0 N–H and O–H groups in total. The number of aryl methyl sites for hydroxylation is 4. The molecule has 0 saturated carbocycles. The van der Waals surface area contributed by atoms with Crippen LogP contribution in [0.2, 0.25) is 0 Å². The molecule has 4 aromatic rings. The maximum atomic E-state index is 2.52. The van der Waals surface area contributed by atoms with Gasteiger partial charge < -0.3 is 0 Å². The summed E-state index contributed by atoms with van der Waals surface area (Å²) in [5, 5.41) is 5.74. The van der Waals surface area contributed by atoms with Gasteiger partial charge in [-0.1, -0.05) is 109 Å². The first kappa shape index (κ1) is 24.1. The molecule has 0 radical (unpaired) electrons. The number of rotatable bonds is 6. The average Bonchev–Trinajstić information content (AvgIpc) is 2.77. The van der Waals surface area contributed by atoms with Crippen molar-refractivity contribution in [2.75, 3.05) is 0 Å². The summed E-state index contributed by atoms with van der Waals surface area (Å²) in [6.07, 6.45) is 8.81. The molecule has 0 bridgehead atoms. The normalized spacial score (nSPS) is 13.8. The van der Waals surface area contributed by atoms with E-state index in [1.54, 1.807) is 11.1 Å². The van der Waals surface area contributed by atoms with E-state index in [-0.39, 0.29) is 10.8 Å². The van der Waals surface area contributed by atoms with E-state index in [9.17, 15) is 0 Å². The molecule has 0 heterocycles. The predicted octanol–water partition coefficient (Wildman–Crippen LogP) is 9.64. The molecule has 0 atom stereocenters. The molecule has 0 aliphatic heterocycles. The van der Waals surface area contributed by atoms with Crippen molar-refractivity contribution in [1.82, 2.24) is 0 Å². The van der Waals surface area contributed by atoms with Gasteiger partial charge in [0.05, 0.1) is 0 Å². The lowest BCUT2D eigenvalue weighted by atomic mass is 9.74. The first-order chi connectivity index (χ1) is 16.6. The van der Waals surface area contributed by atoms with Crippen LogP contribution in [0.25, 0.3) is 21.5 Å². The molecule has 35 heavy (non-hydrogen) atoms. The van der Waals surface area contributed by atoms with Gasteiger partial charge in [0.15, 0.2) is 0 Å². The third-order valence-corrected chi connectivity index (χ3v) is 7.95. The molecule has 1 aliphatic carbocycles. The molecular formula is C35H42. The van der Waals surface area contributed by atoms with Crippen molar-refractivity contribution < 1.29 is 0 Å². The van der Waals surface area contributed by atoms with Crippen molar-refractivity contribution in [3.05, 3.63) is 94.0 Å². The van der Waals surface area contributed by atoms with Gasteiger partial charge in [-0.05, 0) is 104 Å². The minimum Gasteiger partial charge on any atom is -0.0616 e. The highest BCUT2D eigenvalue weighted by atomic mass is 14.3. The smallest absolute Gasteiger partial charge is 0.0120 e. The fourth-order valence-corrected chi connectivity index (χ4v) is 6.24. The quantitative estimate of drug-likeness (QED) is 0.198. The van der Waals surface area contributed by atoms with E-state index in [1.165, 1.54) is 88.7 Å². The molecule has 4 aromatic carbocycles. The van der Waals surface area contributed by atoms with Crippen LogP contribution in [0.4, 0.5) is 0 Å². The van der Waals surface area contributed by atoms with E-state index >= 15 is 0 Å². The Morgan fingerprint density at radius 3 is 1.57 bits per heavy atom. The van der Waals surface area contributed by atoms with Crippen LogP contribution in [0.15, 0.2) is 60.7 Å². The van der Waals surface area contributed by atoms with Crippen LogP contribution in [0, 0.1) is 0 Å². The van der Waals surface area contributed by atoms with E-state index in [4.69, 9.17) is 0 Å². The second kappa shape index (κ2) is 9.12. The van der Waals surface area contributed by atoms with Gasteiger partial charge in [-0.25, -0.2) is 0 Å². The summed E-state index contributed by atoms with van der Waals surface area (Å²) in [5.41, 5.74) is 9.35. The van der Waals surface area contributed by atoms with Gasteiger partial charge in [0, 0.05) is 0 Å². The second-order valence-corrected chi connectivity index (χ2v) is 12.8. The monoisotopic (exact) mass is 462 g/mol. The SMILES string of the molecule is CC(C)(C)c1c2ccccc2c(C(C)(C)C)c2cc(CCCCCc3ccc4c(c3)CC4)ccc12. The van der Waals surface area contributed by atoms with Crippen molar-refractivity contribution in [1.29, 1.82) is 0 Å². The van der Waals surface area contributed by atoms with Gasteiger partial charge in [0.1, 0.15) is 0 Å². The van der Waals surface area contributed by atoms with E-state index in [1.807, 2.05) is 0 Å². The van der Waals surface area contributed by atoms with Crippen LogP contribution in [-0.2, 0) is 36.5 Å². The van der Waals surface area contributed by atoms with Crippen molar-refractivity contribution >= 4 is 21.5 Å². The van der Waals surface area contributed by atoms with Gasteiger partial charge in [-0.15, -0.1) is 0 Å². The summed E-state index contributed by atoms with van der Waals surface area (Å²) in [5.74, 6) is 0. The van der Waals surface area contributed by atoms with E-state index in [2.05, 4.69) is 102 Å². The zero-order valence-electron chi connectivity index (χ0n) is 22.7. The maximum absolute atomic E-state index is 2.52. The van der Waals surface area contributed by atoms with Crippen LogP contribution in [0.1, 0.15) is 94.2 Å². The highest BCUT2D eigenvalue weighted by Crippen LogP contribution is 2.43. The van der Waals surface area contributed by atoms with E-state index in [0.29, 0.717) is 0 Å². The lowest BCUT2D eigenvalue weighted by molar-refractivity contribution is 0.593. The van der Waals surface area contributed by atoms with E-state index in [0.717, 1.165) is 0 Å². The fourth-order valence-electron chi connectivity index (χ4n) is 6.24. The van der Waals surface area contributed by atoms with Gasteiger partial charge in [0.25, 0.3) is 0 Å². The van der Waals surface area contributed by atoms with Crippen LogP contribution in [0.5, 0.6) is 0 Å². The number of fused-ring (bicyclic) bond motifs is 3. The molecule has 0 amide bonds. The average molecular weight is 463 g/mol. The number of benzene rings is 4. The Labute approximate surface area is 212 Å². The van der Waals surface area contributed by atoms with Crippen molar-refractivity contribution in [3.8, 4) is 0 Å². The maximum Gasteiger partial charge on any atom is -0.0120 e. The van der Waals surface area contributed by atoms with Crippen molar-refractivity contribution in [3.63, 3.8) is 0 Å². The zero-order chi connectivity index (χ0) is 24.8. The molecule has 0 saturated heterocycles. The molecule has 5 rings (SSSR count). The largest absolute Gasteiger partial charge is 0.0616 e. The van der Waals surface area contributed by atoms with Crippen LogP contribution in [0.3, 0.4) is 0 Å². The summed E-state index contributed by atoms with van der Waals surface area (Å²) in [6, 6.07) is 23.6. The lowest BCUT2D eigenvalue weighted by Crippen LogP contribution is -2.17. The molecule has 0 spiro atoms. The zero-order valence-corrected chi connectivity index (χ0v) is 22.7. The Morgan fingerprint density at radius 2 is 1.03 bits per heavy atom. The Kier molecular flexibility index (Phi) is 6.28. The molecule has 0 aromatic heterocycles. The summed E-state index contributed by atoms with van der Waals surface area (Å²) in [4.78, 5) is 0. The predicted molar refractivity (Wildman–Crippen MR) is 154 cm³/mol. The first-order valence-electron chi connectivity index (χ1n) is 13.7. The Bertz CT molecular complexity index is 1370. The standard InChI is InChI=1S/C35H42/c1-34(2,3)32-28-14-10-11-15-29(28)33(35(4,5)6)31-23-25(17-21-30(31)32)13-9-7-8-12-24-16-18-26-19-20-27(26)22-24/h10-11,14-18,21-23H,7-9,12-13,19-20H2,1-6H3. The minimum atomic E-state index is 0.0872. The third-order valence-electron chi connectivity index (χ3n) is 7.95. The molecule has 0 unspecified atom stereocenters. The molecule has 1 aliphatic rings. The van der Waals surface area contributed by atoms with E-state index < -0.39 is 0 Å². The molecular weight excluding hydrogens is 420 g/mol. The number of hydrogen-bond donors (Lipinski definition) is 0. The van der Waals surface area contributed by atoms with Gasteiger partial charge in [-0.3, -0.25) is 0 Å².